The molecule has 1 heterocycles. The molecule has 0 aliphatic heterocycles. The topological polar surface area (TPSA) is 142 Å². The first-order valence-electron chi connectivity index (χ1n) is 9.85. The third-order valence-corrected chi connectivity index (χ3v) is 4.70. The number of benzene rings is 2. The van der Waals surface area contributed by atoms with Gasteiger partial charge in [0.1, 0.15) is 11.6 Å². The van der Waals surface area contributed by atoms with Gasteiger partial charge in [-0.2, -0.15) is 5.10 Å². The first kappa shape index (κ1) is 24.4. The summed E-state index contributed by atoms with van der Waals surface area (Å²) in [4.78, 5) is 16.9. The maximum Gasteiger partial charge on any atom is 0.573 e. The molecule has 0 amide bonds. The molecular weight excluding hydrogens is 455 g/mol. The number of alkyl halides is 3. The van der Waals surface area contributed by atoms with Gasteiger partial charge < -0.3 is 26.1 Å². The second kappa shape index (κ2) is 10.6. The summed E-state index contributed by atoms with van der Waals surface area (Å²) in [7, 11) is 1.31. The number of hydrogen-bond acceptors (Lipinski definition) is 8. The van der Waals surface area contributed by atoms with E-state index >= 15 is 0 Å². The minimum atomic E-state index is -4.94. The molecule has 0 bridgehead atoms. The number of hydrogen-bond donors (Lipinski definition) is 4. The molecular formula is C21H22F3N7O3. The van der Waals surface area contributed by atoms with E-state index in [2.05, 4.69) is 25.6 Å². The van der Waals surface area contributed by atoms with Crippen molar-refractivity contribution in [1.29, 1.82) is 0 Å². The van der Waals surface area contributed by atoms with E-state index in [0.29, 0.717) is 24.4 Å². The lowest BCUT2D eigenvalue weighted by Gasteiger charge is -2.15. The van der Waals surface area contributed by atoms with Crippen molar-refractivity contribution in [3.05, 3.63) is 70.8 Å². The van der Waals surface area contributed by atoms with Crippen LogP contribution in [0.4, 0.5) is 24.7 Å². The Hall–Kier alpha value is -4.26. The maximum absolute atomic E-state index is 13.0. The van der Waals surface area contributed by atoms with Gasteiger partial charge in [0, 0.05) is 30.6 Å². The molecule has 0 unspecified atom stereocenters. The second-order valence-corrected chi connectivity index (χ2v) is 6.87. The summed E-state index contributed by atoms with van der Waals surface area (Å²) in [5.41, 5.74) is 3.20. The average Bonchev–Trinajstić information content (AvgIpc) is 2.81. The van der Waals surface area contributed by atoms with E-state index in [1.165, 1.54) is 36.2 Å². The van der Waals surface area contributed by atoms with Crippen LogP contribution in [0, 0.1) is 0 Å². The predicted molar refractivity (Wildman–Crippen MR) is 120 cm³/mol. The van der Waals surface area contributed by atoms with E-state index in [0.717, 1.165) is 11.6 Å². The Morgan fingerprint density at radius 2 is 1.94 bits per heavy atom. The third-order valence-electron chi connectivity index (χ3n) is 4.70. The highest BCUT2D eigenvalue weighted by Crippen LogP contribution is 2.34. The number of anilines is 2. The van der Waals surface area contributed by atoms with E-state index in [1.807, 2.05) is 12.1 Å². The van der Waals surface area contributed by atoms with Crippen LogP contribution in [0.2, 0.25) is 0 Å². The molecule has 180 valence electrons. The molecule has 3 rings (SSSR count). The van der Waals surface area contributed by atoms with Crippen LogP contribution in [0.5, 0.6) is 11.5 Å². The fraction of sp³-hybridized carbons (Fsp3) is 0.190. The second-order valence-electron chi connectivity index (χ2n) is 6.87. The Balaban J connectivity index is 1.85. The van der Waals surface area contributed by atoms with Crippen LogP contribution in [0.3, 0.4) is 0 Å². The van der Waals surface area contributed by atoms with E-state index in [1.54, 1.807) is 12.1 Å². The van der Waals surface area contributed by atoms with E-state index in [4.69, 9.17) is 16.4 Å². The van der Waals surface area contributed by atoms with Crippen molar-refractivity contribution < 1.29 is 22.6 Å². The van der Waals surface area contributed by atoms with Crippen LogP contribution >= 0.6 is 0 Å². The largest absolute Gasteiger partial charge is 0.573 e. The van der Waals surface area contributed by atoms with Crippen molar-refractivity contribution in [3.63, 3.8) is 0 Å². The number of amidine groups is 1. The van der Waals surface area contributed by atoms with Gasteiger partial charge in [0.25, 0.3) is 5.56 Å². The number of nitrogens with two attached hydrogens (primary N) is 2. The van der Waals surface area contributed by atoms with Gasteiger partial charge in [-0.1, -0.05) is 12.1 Å². The Morgan fingerprint density at radius 1 is 1.21 bits per heavy atom. The quantitative estimate of drug-likeness (QED) is 0.168. The molecule has 0 fully saturated rings. The van der Waals surface area contributed by atoms with Crippen LogP contribution in [0.1, 0.15) is 12.0 Å². The van der Waals surface area contributed by atoms with Crippen LogP contribution < -0.4 is 37.5 Å². The molecule has 0 saturated carbocycles. The van der Waals surface area contributed by atoms with E-state index in [-0.39, 0.29) is 17.3 Å². The summed E-state index contributed by atoms with van der Waals surface area (Å²) >= 11 is 0. The fourth-order valence-electron chi connectivity index (χ4n) is 3.03. The van der Waals surface area contributed by atoms with Crippen molar-refractivity contribution in [2.45, 2.75) is 19.2 Å². The first-order chi connectivity index (χ1) is 16.2. The number of halogens is 3. The summed E-state index contributed by atoms with van der Waals surface area (Å²) < 4.78 is 48.8. The van der Waals surface area contributed by atoms with Gasteiger partial charge >= 0.3 is 6.36 Å². The number of hydrazine groups is 1. The lowest BCUT2D eigenvalue weighted by molar-refractivity contribution is -0.274. The van der Waals surface area contributed by atoms with Crippen molar-refractivity contribution >= 4 is 17.3 Å². The molecule has 34 heavy (non-hydrogen) atoms. The monoisotopic (exact) mass is 477 g/mol. The lowest BCUT2D eigenvalue weighted by atomic mass is 10.1. The van der Waals surface area contributed by atoms with Crippen molar-refractivity contribution in [2.24, 2.45) is 16.8 Å². The number of nitrogens with one attached hydrogen (secondary N) is 2. The molecule has 2 aromatic carbocycles. The molecule has 0 spiro atoms. The molecule has 6 N–H and O–H groups in total. The molecule has 0 saturated heterocycles. The standard InChI is InChI=1S/C21H22F3N7O3/c1-33-15-7-8-16(17(12-15)34-21(22,23)24)28-19-20(32)31(11-10-27-19)14-5-2-13(3-6-14)4-9-18(29-25)30-26/h2-3,5-8,10-12H,4,9,25-26H2,1H3,(H,27,28)(H,29,30). The van der Waals surface area contributed by atoms with Crippen LogP contribution in [0.25, 0.3) is 5.69 Å². The summed E-state index contributed by atoms with van der Waals surface area (Å²) in [5.74, 6) is 10.3. The molecule has 0 radical (unpaired) electrons. The van der Waals surface area contributed by atoms with E-state index in [9.17, 15) is 18.0 Å². The molecule has 13 heteroatoms. The molecule has 0 atom stereocenters. The highest BCUT2D eigenvalue weighted by atomic mass is 19.4. The Kier molecular flexibility index (Phi) is 7.58. The highest BCUT2D eigenvalue weighted by molar-refractivity contribution is 5.81. The number of ether oxygens (including phenoxy) is 2. The zero-order valence-electron chi connectivity index (χ0n) is 18.0. The van der Waals surface area contributed by atoms with Crippen molar-refractivity contribution in [2.75, 3.05) is 12.4 Å². The summed E-state index contributed by atoms with van der Waals surface area (Å²) in [5, 5.41) is 6.13. The highest BCUT2D eigenvalue weighted by Gasteiger charge is 2.32. The van der Waals surface area contributed by atoms with Gasteiger partial charge in [-0.05, 0) is 36.2 Å². The normalized spacial score (nSPS) is 11.7. The Bertz CT molecular complexity index is 1210. The summed E-state index contributed by atoms with van der Waals surface area (Å²) in [6, 6.07) is 10.9. The smallest absolute Gasteiger partial charge is 0.497 e. The number of aromatic nitrogens is 2. The fourth-order valence-corrected chi connectivity index (χ4v) is 3.03. The minimum Gasteiger partial charge on any atom is -0.497 e. The maximum atomic E-state index is 13.0. The summed E-state index contributed by atoms with van der Waals surface area (Å²) in [6.07, 6.45) is -1.03. The predicted octanol–water partition coefficient (Wildman–Crippen LogP) is 2.55. The first-order valence-corrected chi connectivity index (χ1v) is 9.85. The number of rotatable bonds is 8. The van der Waals surface area contributed by atoms with Gasteiger partial charge in [0.15, 0.2) is 11.6 Å². The zero-order valence-corrected chi connectivity index (χ0v) is 18.0. The summed E-state index contributed by atoms with van der Waals surface area (Å²) in [6.45, 7) is 0. The molecule has 1 aromatic heterocycles. The number of nitrogens with zero attached hydrogens (tertiary/aromatic N) is 3. The number of aryl methyl sites for hydroxylation is 1. The van der Waals surface area contributed by atoms with Gasteiger partial charge in [-0.3, -0.25) is 9.36 Å². The third kappa shape index (κ3) is 6.16. The van der Waals surface area contributed by atoms with Crippen molar-refractivity contribution in [1.82, 2.24) is 15.0 Å². The number of hydrazone groups is 1. The number of methoxy groups -OCH3 is 1. The van der Waals surface area contributed by atoms with Crippen LogP contribution in [0.15, 0.2) is 64.8 Å². The molecule has 3 aromatic rings. The molecule has 0 aliphatic rings. The molecule has 0 aliphatic carbocycles. The van der Waals surface area contributed by atoms with Gasteiger partial charge in [-0.15, -0.1) is 13.2 Å². The van der Waals surface area contributed by atoms with Crippen LogP contribution in [-0.2, 0) is 6.42 Å². The Labute approximate surface area is 192 Å². The average molecular weight is 477 g/mol. The molecule has 10 nitrogen and oxygen atoms in total. The van der Waals surface area contributed by atoms with Gasteiger partial charge in [0.2, 0.25) is 0 Å². The van der Waals surface area contributed by atoms with Crippen molar-refractivity contribution in [3.8, 4) is 17.2 Å². The van der Waals surface area contributed by atoms with E-state index < -0.39 is 17.7 Å². The SMILES string of the molecule is COc1ccc(Nc2nccn(-c3ccc(CC/C(=N/N)NN)cc3)c2=O)c(OC(F)(F)F)c1. The Morgan fingerprint density at radius 3 is 2.56 bits per heavy atom. The lowest BCUT2D eigenvalue weighted by Crippen LogP contribution is -2.31. The van der Waals surface area contributed by atoms with Gasteiger partial charge in [-0.25, -0.2) is 10.8 Å². The minimum absolute atomic E-state index is 0.110. The zero-order chi connectivity index (χ0) is 24.7. The van der Waals surface area contributed by atoms with Gasteiger partial charge in [0.05, 0.1) is 12.8 Å². The van der Waals surface area contributed by atoms with Crippen LogP contribution in [-0.4, -0.2) is 28.9 Å².